The molecule has 0 spiro atoms. The van der Waals surface area contributed by atoms with Gasteiger partial charge >= 0.3 is 0 Å². The van der Waals surface area contributed by atoms with E-state index in [0.717, 1.165) is 5.92 Å². The first kappa shape index (κ1) is 4.54. The van der Waals surface area contributed by atoms with Crippen molar-refractivity contribution < 1.29 is 4.58 Å². The Kier molecular flexibility index (Phi) is 0.758. The Hall–Kier alpha value is -0.330. The Morgan fingerprint density at radius 2 is 2.50 bits per heavy atom. The molecule has 0 aromatic carbocycles. The van der Waals surface area contributed by atoms with Gasteiger partial charge in [-0.05, 0) is 12.8 Å². The summed E-state index contributed by atoms with van der Waals surface area (Å²) in [5.41, 5.74) is 1.73. The molecule has 0 amide bonds. The van der Waals surface area contributed by atoms with Gasteiger partial charge in [-0.25, -0.2) is 4.58 Å². The maximum Gasteiger partial charge on any atom is 0.161 e. The fraction of sp³-hybridized carbons (Fsp3) is 0.857. The minimum Gasteiger partial charge on any atom is -0.238 e. The molecule has 0 bridgehead atoms. The zero-order valence-electron chi connectivity index (χ0n) is 5.35. The maximum atomic E-state index is 2.40. The van der Waals surface area contributed by atoms with Crippen molar-refractivity contribution in [1.29, 1.82) is 0 Å². The van der Waals surface area contributed by atoms with Crippen molar-refractivity contribution in [3.05, 3.63) is 0 Å². The van der Waals surface area contributed by atoms with E-state index in [0.29, 0.717) is 0 Å². The fourth-order valence-corrected chi connectivity index (χ4v) is 1.93. The van der Waals surface area contributed by atoms with Gasteiger partial charge in [-0.3, -0.25) is 0 Å². The lowest BCUT2D eigenvalue weighted by molar-refractivity contribution is -0.534. The molecule has 1 saturated carbocycles. The van der Waals surface area contributed by atoms with Crippen LogP contribution in [-0.2, 0) is 0 Å². The quantitative estimate of drug-likeness (QED) is 0.407. The van der Waals surface area contributed by atoms with Gasteiger partial charge in [-0.1, -0.05) is 0 Å². The largest absolute Gasteiger partial charge is 0.238 e. The molecule has 0 N–H and O–H groups in total. The van der Waals surface area contributed by atoms with E-state index in [1.807, 2.05) is 0 Å². The van der Waals surface area contributed by atoms with Crippen LogP contribution in [0.4, 0.5) is 0 Å². The number of rotatable bonds is 0. The molecule has 1 heterocycles. The second kappa shape index (κ2) is 1.34. The van der Waals surface area contributed by atoms with Crippen LogP contribution in [0.1, 0.15) is 19.3 Å². The summed E-state index contributed by atoms with van der Waals surface area (Å²) in [6.07, 6.45) is 4.31. The molecule has 0 aromatic rings. The third-order valence-electron chi connectivity index (χ3n) is 2.44. The van der Waals surface area contributed by atoms with Crippen LogP contribution in [0.3, 0.4) is 0 Å². The molecule has 1 aliphatic heterocycles. The van der Waals surface area contributed by atoms with Crippen LogP contribution < -0.4 is 0 Å². The van der Waals surface area contributed by atoms with Crippen molar-refractivity contribution >= 4 is 5.71 Å². The maximum absolute atomic E-state index is 2.40. The Morgan fingerprint density at radius 1 is 1.62 bits per heavy atom. The number of fused-ring (bicyclic) bond motifs is 1. The van der Waals surface area contributed by atoms with Crippen LogP contribution in [0.25, 0.3) is 0 Å². The minimum atomic E-state index is 1.01. The lowest BCUT2D eigenvalue weighted by Gasteiger charge is -2.16. The second-order valence-corrected chi connectivity index (χ2v) is 2.96. The van der Waals surface area contributed by atoms with Crippen LogP contribution in [0, 0.1) is 5.92 Å². The lowest BCUT2D eigenvalue weighted by atomic mass is 10.0. The van der Waals surface area contributed by atoms with Crippen LogP contribution in [0.15, 0.2) is 0 Å². The highest BCUT2D eigenvalue weighted by molar-refractivity contribution is 5.86. The standard InChI is InChI=1S/C7H12N/c1-8-5-6-3-2-4-7(6)8/h6H,2-5H2,1H3/q+1. The summed E-state index contributed by atoms with van der Waals surface area (Å²) in [4.78, 5) is 0. The molecule has 2 rings (SSSR count). The Bertz CT molecular complexity index is 146. The average Bonchev–Trinajstić information content (AvgIpc) is 2.09. The third kappa shape index (κ3) is 0.396. The van der Waals surface area contributed by atoms with Gasteiger partial charge < -0.3 is 0 Å². The summed E-state index contributed by atoms with van der Waals surface area (Å²) in [5, 5.41) is 0. The van der Waals surface area contributed by atoms with Crippen molar-refractivity contribution in [2.75, 3.05) is 13.6 Å². The first-order valence-corrected chi connectivity index (χ1v) is 3.45. The molecular formula is C7H12N+. The highest BCUT2D eigenvalue weighted by Gasteiger charge is 2.39. The molecule has 44 valence electrons. The van der Waals surface area contributed by atoms with Crippen LogP contribution >= 0.6 is 0 Å². The number of hydrogen-bond acceptors (Lipinski definition) is 0. The number of nitrogens with zero attached hydrogens (tertiary/aromatic N) is 1. The molecule has 1 unspecified atom stereocenters. The van der Waals surface area contributed by atoms with Crippen molar-refractivity contribution in [2.24, 2.45) is 5.92 Å². The molecule has 1 nitrogen and oxygen atoms in total. The van der Waals surface area contributed by atoms with Crippen molar-refractivity contribution in [2.45, 2.75) is 19.3 Å². The highest BCUT2D eigenvalue weighted by Crippen LogP contribution is 2.27. The van der Waals surface area contributed by atoms with E-state index in [4.69, 9.17) is 0 Å². The summed E-state index contributed by atoms with van der Waals surface area (Å²) >= 11 is 0. The summed E-state index contributed by atoms with van der Waals surface area (Å²) in [6.45, 7) is 1.34. The Labute approximate surface area is 50.0 Å². The van der Waals surface area contributed by atoms with Gasteiger partial charge in [0.1, 0.15) is 7.05 Å². The highest BCUT2D eigenvalue weighted by atomic mass is 15.0. The van der Waals surface area contributed by atoms with Crippen LogP contribution in [0.2, 0.25) is 0 Å². The average molecular weight is 110 g/mol. The Morgan fingerprint density at radius 3 is 3.00 bits per heavy atom. The summed E-state index contributed by atoms with van der Waals surface area (Å²) in [6, 6.07) is 0. The van der Waals surface area contributed by atoms with Crippen molar-refractivity contribution in [1.82, 2.24) is 0 Å². The second-order valence-electron chi connectivity index (χ2n) is 2.96. The molecule has 1 fully saturated rings. The monoisotopic (exact) mass is 110 g/mol. The van der Waals surface area contributed by atoms with Gasteiger partial charge in [-0.15, -0.1) is 0 Å². The molecule has 2 aliphatic rings. The minimum absolute atomic E-state index is 1.01. The topological polar surface area (TPSA) is 3.01 Å². The first-order chi connectivity index (χ1) is 3.88. The van der Waals surface area contributed by atoms with Crippen LogP contribution in [-0.4, -0.2) is 23.9 Å². The smallest absolute Gasteiger partial charge is 0.161 e. The zero-order valence-corrected chi connectivity index (χ0v) is 5.35. The third-order valence-corrected chi connectivity index (χ3v) is 2.44. The van der Waals surface area contributed by atoms with Gasteiger partial charge in [0.2, 0.25) is 0 Å². The SMILES string of the molecule is C[N+]1=C2CCCC2C1. The van der Waals surface area contributed by atoms with E-state index in [1.54, 1.807) is 5.71 Å². The zero-order chi connectivity index (χ0) is 5.56. The molecule has 8 heavy (non-hydrogen) atoms. The lowest BCUT2D eigenvalue weighted by Crippen LogP contribution is -2.38. The molecule has 0 radical (unpaired) electrons. The van der Waals surface area contributed by atoms with E-state index in [-0.39, 0.29) is 0 Å². The van der Waals surface area contributed by atoms with E-state index < -0.39 is 0 Å². The van der Waals surface area contributed by atoms with E-state index in [2.05, 4.69) is 11.6 Å². The van der Waals surface area contributed by atoms with Gasteiger partial charge in [0.25, 0.3) is 0 Å². The van der Waals surface area contributed by atoms with E-state index in [9.17, 15) is 0 Å². The Balaban J connectivity index is 2.27. The molecule has 0 saturated heterocycles. The molecule has 1 aliphatic carbocycles. The van der Waals surface area contributed by atoms with Crippen LogP contribution in [0.5, 0.6) is 0 Å². The normalized spacial score (nSPS) is 34.9. The summed E-state index contributed by atoms with van der Waals surface area (Å²) in [5.74, 6) is 1.01. The summed E-state index contributed by atoms with van der Waals surface area (Å²) in [7, 11) is 2.21. The first-order valence-electron chi connectivity index (χ1n) is 3.45. The van der Waals surface area contributed by atoms with Gasteiger partial charge in [0, 0.05) is 6.42 Å². The molecular weight excluding hydrogens is 98.1 g/mol. The molecule has 1 heteroatoms. The van der Waals surface area contributed by atoms with Gasteiger partial charge in [0.05, 0.1) is 5.92 Å². The predicted octanol–water partition coefficient (Wildman–Crippen LogP) is 0.883. The summed E-state index contributed by atoms with van der Waals surface area (Å²) < 4.78 is 2.40. The van der Waals surface area contributed by atoms with E-state index in [1.165, 1.54) is 25.8 Å². The van der Waals surface area contributed by atoms with Crippen molar-refractivity contribution in [3.8, 4) is 0 Å². The van der Waals surface area contributed by atoms with Gasteiger partial charge in [0.15, 0.2) is 12.3 Å². The van der Waals surface area contributed by atoms with Gasteiger partial charge in [-0.2, -0.15) is 0 Å². The number of hydrogen-bond donors (Lipinski definition) is 0. The fourth-order valence-electron chi connectivity index (χ4n) is 1.93. The molecule has 1 atom stereocenters. The predicted molar refractivity (Wildman–Crippen MR) is 33.4 cm³/mol. The molecule has 0 aromatic heterocycles. The van der Waals surface area contributed by atoms with E-state index >= 15 is 0 Å². The van der Waals surface area contributed by atoms with Crippen molar-refractivity contribution in [3.63, 3.8) is 0 Å².